The maximum absolute atomic E-state index is 14.0. The van der Waals surface area contributed by atoms with Gasteiger partial charge < -0.3 is 59.9 Å². The second kappa shape index (κ2) is 22.5. The number of rotatable bonds is 21. The molecule has 8 atom stereocenters. The number of aliphatic hydroxyl groups is 5. The summed E-state index contributed by atoms with van der Waals surface area (Å²) in [4.78, 5) is 40.3. The fraction of sp³-hybridized carbons (Fsp3) is 0.568. The summed E-state index contributed by atoms with van der Waals surface area (Å²) in [5, 5.41) is 54.5. The van der Waals surface area contributed by atoms with E-state index in [1.807, 2.05) is 0 Å². The molecule has 1 aliphatic carbocycles. The van der Waals surface area contributed by atoms with Crippen LogP contribution in [0, 0.1) is 0 Å². The average Bonchev–Trinajstić information content (AvgIpc) is 3.62. The molecule has 2 aromatic carbocycles. The molecule has 0 aromatic heterocycles. The molecule has 0 spiro atoms. The van der Waals surface area contributed by atoms with E-state index in [0.29, 0.717) is 35.1 Å². The number of amides is 2. The van der Waals surface area contributed by atoms with Crippen molar-refractivity contribution in [2.24, 2.45) is 0 Å². The molecule has 7 N–H and O–H groups in total. The van der Waals surface area contributed by atoms with Crippen LogP contribution in [0.15, 0.2) is 66.3 Å². The fourth-order valence-electron chi connectivity index (χ4n) is 7.55. The first-order valence-corrected chi connectivity index (χ1v) is 20.7. The third-order valence-corrected chi connectivity index (χ3v) is 10.8. The van der Waals surface area contributed by atoms with E-state index in [2.05, 4.69) is 24.5 Å². The maximum atomic E-state index is 14.0. The van der Waals surface area contributed by atoms with E-state index in [9.17, 15) is 34.8 Å². The van der Waals surface area contributed by atoms with Crippen LogP contribution in [0.5, 0.6) is 0 Å². The standard InChI is InChI=1S/C44H60N2O13/c1-3-5-9-18-44(19-10-6-4-2)58-34-25-31(41(53)46-26-28-13-11-15-30(23-28)40(52)45-20-21-47)24-33(39(34)59-44)56-42(54)32-17-8-7-14-29(32)16-12-22-55-43-38(51)37(50)36(49)35(27-48)57-43/h7-8,11-17,23,25,33-39,43,47-51H,3-6,9-10,18-22,24,26-27H2,1-2H3,(H,45,52)(H,46,53). The van der Waals surface area contributed by atoms with Gasteiger partial charge in [-0.3, -0.25) is 9.59 Å². The lowest BCUT2D eigenvalue weighted by atomic mass is 9.91. The van der Waals surface area contributed by atoms with Crippen LogP contribution < -0.4 is 10.6 Å². The van der Waals surface area contributed by atoms with Crippen LogP contribution in [0.2, 0.25) is 0 Å². The molecule has 2 amide bonds. The predicted molar refractivity (Wildman–Crippen MR) is 216 cm³/mol. The van der Waals surface area contributed by atoms with Crippen molar-refractivity contribution in [3.63, 3.8) is 0 Å². The normalized spacial score (nSPS) is 26.3. The van der Waals surface area contributed by atoms with Crippen LogP contribution in [0.3, 0.4) is 0 Å². The van der Waals surface area contributed by atoms with Crippen molar-refractivity contribution in [1.29, 1.82) is 0 Å². The number of nitrogens with one attached hydrogen (secondary N) is 2. The third kappa shape index (κ3) is 12.3. The molecule has 2 aliphatic heterocycles. The number of carbonyl (C=O) groups excluding carboxylic acids is 3. The Kier molecular flexibility index (Phi) is 17.6. The quantitative estimate of drug-likeness (QED) is 0.0712. The minimum Gasteiger partial charge on any atom is -0.456 e. The van der Waals surface area contributed by atoms with Crippen molar-refractivity contribution in [2.45, 2.75) is 133 Å². The van der Waals surface area contributed by atoms with E-state index in [0.717, 1.165) is 38.5 Å². The first-order valence-electron chi connectivity index (χ1n) is 20.7. The molecule has 0 bridgehead atoms. The van der Waals surface area contributed by atoms with Crippen LogP contribution in [0.1, 0.15) is 103 Å². The Labute approximate surface area is 345 Å². The molecule has 324 valence electrons. The van der Waals surface area contributed by atoms with Gasteiger partial charge in [0.15, 0.2) is 12.1 Å². The van der Waals surface area contributed by atoms with Crippen molar-refractivity contribution in [3.8, 4) is 0 Å². The molecule has 2 aromatic rings. The molecular weight excluding hydrogens is 764 g/mol. The molecular formula is C44H60N2O13. The van der Waals surface area contributed by atoms with Gasteiger partial charge in [-0.1, -0.05) is 82.0 Å². The monoisotopic (exact) mass is 824 g/mol. The molecule has 15 nitrogen and oxygen atoms in total. The van der Waals surface area contributed by atoms with Crippen LogP contribution in [0.4, 0.5) is 0 Å². The van der Waals surface area contributed by atoms with Crippen LogP contribution >= 0.6 is 0 Å². The maximum Gasteiger partial charge on any atom is 0.339 e. The molecule has 59 heavy (non-hydrogen) atoms. The van der Waals surface area contributed by atoms with Crippen LogP contribution in [0.25, 0.3) is 6.08 Å². The summed E-state index contributed by atoms with van der Waals surface area (Å²) >= 11 is 0. The Morgan fingerprint density at radius 3 is 2.34 bits per heavy atom. The zero-order valence-electron chi connectivity index (χ0n) is 33.9. The number of carbonyl (C=O) groups is 3. The molecule has 8 unspecified atom stereocenters. The van der Waals surface area contributed by atoms with E-state index in [-0.39, 0.29) is 50.1 Å². The lowest BCUT2D eigenvalue weighted by Crippen LogP contribution is -2.59. The van der Waals surface area contributed by atoms with Crippen molar-refractivity contribution >= 4 is 23.9 Å². The summed E-state index contributed by atoms with van der Waals surface area (Å²) in [7, 11) is 0. The van der Waals surface area contributed by atoms with Gasteiger partial charge in [-0.2, -0.15) is 0 Å². The van der Waals surface area contributed by atoms with E-state index in [4.69, 9.17) is 28.8 Å². The molecule has 2 saturated heterocycles. The fourth-order valence-corrected chi connectivity index (χ4v) is 7.55. The van der Waals surface area contributed by atoms with Gasteiger partial charge >= 0.3 is 5.97 Å². The SMILES string of the molecule is CCCCCC1(CCCCC)OC2C=C(C(=O)NCc3cccc(C(=O)NCCO)c3)CC(OC(=O)c3ccccc3C=CCOC3OC(CO)C(O)C(O)C3O)C2O1. The summed E-state index contributed by atoms with van der Waals surface area (Å²) in [6, 6.07) is 13.6. The highest BCUT2D eigenvalue weighted by Gasteiger charge is 2.52. The smallest absolute Gasteiger partial charge is 0.339 e. The summed E-state index contributed by atoms with van der Waals surface area (Å²) < 4.78 is 30.7. The van der Waals surface area contributed by atoms with Gasteiger partial charge in [-0.05, 0) is 48.2 Å². The van der Waals surface area contributed by atoms with E-state index in [1.54, 1.807) is 66.8 Å². The van der Waals surface area contributed by atoms with Crippen LogP contribution in [-0.2, 0) is 35.0 Å². The van der Waals surface area contributed by atoms with Crippen molar-refractivity contribution < 1.29 is 63.6 Å². The zero-order valence-corrected chi connectivity index (χ0v) is 33.9. The van der Waals surface area contributed by atoms with Gasteiger partial charge in [0, 0.05) is 43.5 Å². The Bertz CT molecular complexity index is 1740. The number of fused-ring (bicyclic) bond motifs is 1. The van der Waals surface area contributed by atoms with E-state index in [1.165, 1.54) is 0 Å². The summed E-state index contributed by atoms with van der Waals surface area (Å²) in [5.74, 6) is -2.25. The lowest BCUT2D eigenvalue weighted by Gasteiger charge is -2.39. The van der Waals surface area contributed by atoms with Gasteiger partial charge in [0.05, 0.1) is 25.4 Å². The van der Waals surface area contributed by atoms with Crippen molar-refractivity contribution in [2.75, 3.05) is 26.4 Å². The number of hydrogen-bond donors (Lipinski definition) is 7. The van der Waals surface area contributed by atoms with Gasteiger partial charge in [0.2, 0.25) is 5.91 Å². The van der Waals surface area contributed by atoms with E-state index >= 15 is 0 Å². The highest BCUT2D eigenvalue weighted by Crippen LogP contribution is 2.43. The average molecular weight is 825 g/mol. The number of aliphatic hydroxyl groups excluding tert-OH is 5. The topological polar surface area (TPSA) is 223 Å². The van der Waals surface area contributed by atoms with Gasteiger partial charge in [0.1, 0.15) is 42.7 Å². The minimum atomic E-state index is -1.58. The van der Waals surface area contributed by atoms with Gasteiger partial charge in [0.25, 0.3) is 5.91 Å². The third-order valence-electron chi connectivity index (χ3n) is 10.8. The first-order chi connectivity index (χ1) is 28.5. The molecule has 15 heteroatoms. The summed E-state index contributed by atoms with van der Waals surface area (Å²) in [6.07, 6.45) is 2.96. The Morgan fingerprint density at radius 1 is 0.881 bits per heavy atom. The molecule has 3 aliphatic rings. The second-order valence-corrected chi connectivity index (χ2v) is 15.2. The number of hydrogen-bond acceptors (Lipinski definition) is 13. The zero-order chi connectivity index (χ0) is 42.4. The highest BCUT2D eigenvalue weighted by molar-refractivity contribution is 5.96. The Morgan fingerprint density at radius 2 is 1.63 bits per heavy atom. The lowest BCUT2D eigenvalue weighted by molar-refractivity contribution is -0.298. The number of unbranched alkanes of at least 4 members (excludes halogenated alkanes) is 4. The van der Waals surface area contributed by atoms with Gasteiger partial charge in [-0.25, -0.2) is 4.79 Å². The Hall–Kier alpha value is -4.03. The Balaban J connectivity index is 1.32. The number of benzene rings is 2. The molecule has 2 fully saturated rings. The predicted octanol–water partition coefficient (Wildman–Crippen LogP) is 3.05. The van der Waals surface area contributed by atoms with Gasteiger partial charge in [-0.15, -0.1) is 0 Å². The highest BCUT2D eigenvalue weighted by atomic mass is 16.8. The van der Waals surface area contributed by atoms with Crippen molar-refractivity contribution in [3.05, 3.63) is 88.5 Å². The molecule has 2 heterocycles. The largest absolute Gasteiger partial charge is 0.456 e. The minimum absolute atomic E-state index is 0.0661. The van der Waals surface area contributed by atoms with Crippen LogP contribution in [-0.4, -0.2) is 124 Å². The first kappa shape index (κ1) is 46.0. The number of esters is 1. The number of ether oxygens (including phenoxy) is 5. The van der Waals surface area contributed by atoms with Crippen molar-refractivity contribution in [1.82, 2.24) is 10.6 Å². The van der Waals surface area contributed by atoms with E-state index < -0.39 is 67.4 Å². The summed E-state index contributed by atoms with van der Waals surface area (Å²) in [5.41, 5.74) is 2.21. The molecule has 0 radical (unpaired) electrons. The second-order valence-electron chi connectivity index (χ2n) is 15.2. The molecule has 0 saturated carbocycles. The summed E-state index contributed by atoms with van der Waals surface area (Å²) in [6.45, 7) is 3.64. The molecule has 5 rings (SSSR count).